The molecule has 1 amide bonds. The predicted octanol–water partition coefficient (Wildman–Crippen LogP) is 1.68. The number of hydrogen-bond donors (Lipinski definition) is 1. The first-order chi connectivity index (χ1) is 11.9. The first-order valence-corrected chi connectivity index (χ1v) is 7.31. The van der Waals surface area contributed by atoms with Crippen LogP contribution in [0, 0.1) is 5.95 Å². The van der Waals surface area contributed by atoms with Crippen molar-refractivity contribution in [2.75, 3.05) is 5.32 Å². The zero-order valence-corrected chi connectivity index (χ0v) is 13.5. The van der Waals surface area contributed by atoms with Gasteiger partial charge in [-0.2, -0.15) is 9.49 Å². The number of nitrogens with one attached hydrogen (secondary N) is 1. The van der Waals surface area contributed by atoms with Gasteiger partial charge in [-0.1, -0.05) is 11.6 Å². The Bertz CT molecular complexity index is 1000. The number of carbonyl (C=O) groups is 1. The van der Waals surface area contributed by atoms with Gasteiger partial charge in [0.05, 0.1) is 5.69 Å². The molecule has 25 heavy (non-hydrogen) atoms. The minimum atomic E-state index is -0.762. The van der Waals surface area contributed by atoms with E-state index < -0.39 is 11.9 Å². The minimum absolute atomic E-state index is 0.0333. The Kier molecular flexibility index (Phi) is 4.48. The van der Waals surface area contributed by atoms with Crippen LogP contribution in [0.3, 0.4) is 0 Å². The molecule has 0 atom stereocenters. The molecule has 0 aromatic carbocycles. The van der Waals surface area contributed by atoms with Crippen LogP contribution in [0.2, 0.25) is 5.15 Å². The SMILES string of the molecule is Cn1nc(NC(=O)c2cc(-c3cc(F)nc(Cl)c3)ncn2)ccc1=O. The molecule has 0 aliphatic rings. The van der Waals surface area contributed by atoms with Gasteiger partial charge in [0.25, 0.3) is 11.5 Å². The van der Waals surface area contributed by atoms with Crippen LogP contribution in [-0.4, -0.2) is 30.6 Å². The Morgan fingerprint density at radius 3 is 2.76 bits per heavy atom. The summed E-state index contributed by atoms with van der Waals surface area (Å²) < 4.78 is 14.5. The van der Waals surface area contributed by atoms with Crippen molar-refractivity contribution < 1.29 is 9.18 Å². The Balaban J connectivity index is 1.88. The van der Waals surface area contributed by atoms with E-state index in [-0.39, 0.29) is 22.2 Å². The summed E-state index contributed by atoms with van der Waals surface area (Å²) in [6, 6.07) is 6.59. The van der Waals surface area contributed by atoms with Gasteiger partial charge in [0.2, 0.25) is 5.95 Å². The standard InChI is InChI=1S/C15H10ClFN6O2/c1-23-14(24)3-2-13(22-23)21-15(25)10-6-9(18-7-19-10)8-4-11(16)20-12(17)5-8/h2-7H,1H3,(H,21,22,25). The highest BCUT2D eigenvalue weighted by Gasteiger charge is 2.12. The van der Waals surface area contributed by atoms with E-state index in [0.717, 1.165) is 10.7 Å². The zero-order chi connectivity index (χ0) is 18.0. The Labute approximate surface area is 145 Å². The van der Waals surface area contributed by atoms with Crippen molar-refractivity contribution in [1.29, 1.82) is 0 Å². The van der Waals surface area contributed by atoms with E-state index in [1.165, 1.54) is 37.6 Å². The lowest BCUT2D eigenvalue weighted by Crippen LogP contribution is -2.22. The van der Waals surface area contributed by atoms with Gasteiger partial charge in [0, 0.05) is 24.7 Å². The number of aryl methyl sites for hydroxylation is 1. The van der Waals surface area contributed by atoms with E-state index in [2.05, 4.69) is 25.4 Å². The molecule has 126 valence electrons. The van der Waals surface area contributed by atoms with E-state index in [0.29, 0.717) is 11.3 Å². The second-order valence-electron chi connectivity index (χ2n) is 4.92. The van der Waals surface area contributed by atoms with Gasteiger partial charge in [0.15, 0.2) is 5.82 Å². The lowest BCUT2D eigenvalue weighted by Gasteiger charge is -2.06. The summed E-state index contributed by atoms with van der Waals surface area (Å²) in [5.41, 5.74) is 0.388. The fourth-order valence-electron chi connectivity index (χ4n) is 2.00. The highest BCUT2D eigenvalue weighted by Crippen LogP contribution is 2.21. The number of halogens is 2. The Morgan fingerprint density at radius 1 is 1.24 bits per heavy atom. The topological polar surface area (TPSA) is 103 Å². The fraction of sp³-hybridized carbons (Fsp3) is 0.0667. The summed E-state index contributed by atoms with van der Waals surface area (Å²) in [7, 11) is 1.46. The largest absolute Gasteiger partial charge is 0.304 e. The first-order valence-electron chi connectivity index (χ1n) is 6.93. The van der Waals surface area contributed by atoms with Gasteiger partial charge in [0.1, 0.15) is 17.2 Å². The number of amides is 1. The summed E-state index contributed by atoms with van der Waals surface area (Å²) in [4.78, 5) is 34.9. The number of aromatic nitrogens is 5. The molecule has 0 radical (unpaired) electrons. The van der Waals surface area contributed by atoms with Crippen LogP contribution in [0.1, 0.15) is 10.5 Å². The van der Waals surface area contributed by atoms with Gasteiger partial charge >= 0.3 is 0 Å². The molecule has 3 aromatic rings. The molecule has 0 fully saturated rings. The Morgan fingerprint density at radius 2 is 2.04 bits per heavy atom. The van der Waals surface area contributed by atoms with Crippen molar-refractivity contribution in [3.63, 3.8) is 0 Å². The highest BCUT2D eigenvalue weighted by molar-refractivity contribution is 6.29. The third kappa shape index (κ3) is 3.83. The molecule has 8 nitrogen and oxygen atoms in total. The molecular formula is C15H10ClFN6O2. The maximum absolute atomic E-state index is 13.4. The van der Waals surface area contributed by atoms with Crippen LogP contribution in [0.25, 0.3) is 11.3 Å². The van der Waals surface area contributed by atoms with Gasteiger partial charge in [-0.05, 0) is 18.2 Å². The molecular weight excluding hydrogens is 351 g/mol. The van der Waals surface area contributed by atoms with E-state index in [1.807, 2.05) is 0 Å². The molecule has 0 unspecified atom stereocenters. The molecule has 3 heterocycles. The van der Waals surface area contributed by atoms with Crippen molar-refractivity contribution in [2.24, 2.45) is 7.05 Å². The number of carbonyl (C=O) groups excluding carboxylic acids is 1. The first kappa shape index (κ1) is 16.7. The fourth-order valence-corrected chi connectivity index (χ4v) is 2.20. The normalized spacial score (nSPS) is 10.5. The van der Waals surface area contributed by atoms with Crippen LogP contribution in [0.5, 0.6) is 0 Å². The molecule has 1 N–H and O–H groups in total. The lowest BCUT2D eigenvalue weighted by molar-refractivity contribution is 0.102. The molecule has 0 aliphatic heterocycles. The van der Waals surface area contributed by atoms with Gasteiger partial charge < -0.3 is 5.32 Å². The smallest absolute Gasteiger partial charge is 0.275 e. The zero-order valence-electron chi connectivity index (χ0n) is 12.8. The second-order valence-corrected chi connectivity index (χ2v) is 5.31. The number of pyridine rings is 1. The van der Waals surface area contributed by atoms with Crippen molar-refractivity contribution in [3.8, 4) is 11.3 Å². The number of hydrogen-bond acceptors (Lipinski definition) is 6. The van der Waals surface area contributed by atoms with E-state index in [4.69, 9.17) is 11.6 Å². The summed E-state index contributed by atoms with van der Waals surface area (Å²) in [6.07, 6.45) is 1.17. The van der Waals surface area contributed by atoms with Crippen molar-refractivity contribution >= 4 is 23.3 Å². The van der Waals surface area contributed by atoms with E-state index >= 15 is 0 Å². The number of rotatable bonds is 3. The van der Waals surface area contributed by atoms with Gasteiger partial charge in [-0.15, -0.1) is 0 Å². The molecule has 0 bridgehead atoms. The van der Waals surface area contributed by atoms with Gasteiger partial charge in [-0.25, -0.2) is 19.6 Å². The van der Waals surface area contributed by atoms with Crippen LogP contribution in [0.15, 0.2) is 41.5 Å². The highest BCUT2D eigenvalue weighted by atomic mass is 35.5. The van der Waals surface area contributed by atoms with Crippen LogP contribution >= 0.6 is 11.6 Å². The van der Waals surface area contributed by atoms with Crippen molar-refractivity contribution in [2.45, 2.75) is 0 Å². The molecule has 10 heteroatoms. The summed E-state index contributed by atoms with van der Waals surface area (Å²) >= 11 is 5.73. The quantitative estimate of drug-likeness (QED) is 0.713. The molecule has 0 saturated heterocycles. The van der Waals surface area contributed by atoms with Crippen molar-refractivity contribution in [3.05, 3.63) is 63.8 Å². The van der Waals surface area contributed by atoms with Crippen LogP contribution < -0.4 is 10.9 Å². The average molecular weight is 361 g/mol. The Hall–Kier alpha value is -3.20. The van der Waals surface area contributed by atoms with Crippen LogP contribution in [0.4, 0.5) is 10.2 Å². The van der Waals surface area contributed by atoms with E-state index in [9.17, 15) is 14.0 Å². The lowest BCUT2D eigenvalue weighted by atomic mass is 10.1. The third-order valence-electron chi connectivity index (χ3n) is 3.16. The third-order valence-corrected chi connectivity index (χ3v) is 3.35. The molecule has 0 saturated carbocycles. The van der Waals surface area contributed by atoms with E-state index in [1.54, 1.807) is 0 Å². The van der Waals surface area contributed by atoms with Gasteiger partial charge in [-0.3, -0.25) is 9.59 Å². The average Bonchev–Trinajstić information content (AvgIpc) is 2.57. The number of anilines is 1. The maximum Gasteiger partial charge on any atom is 0.275 e. The summed E-state index contributed by atoms with van der Waals surface area (Å²) in [5, 5.41) is 6.38. The predicted molar refractivity (Wildman–Crippen MR) is 87.7 cm³/mol. The minimum Gasteiger partial charge on any atom is -0.304 e. The molecule has 3 rings (SSSR count). The molecule has 0 aliphatic carbocycles. The second kappa shape index (κ2) is 6.73. The number of nitrogens with zero attached hydrogens (tertiary/aromatic N) is 5. The van der Waals surface area contributed by atoms with Crippen LogP contribution in [-0.2, 0) is 7.05 Å². The molecule has 0 spiro atoms. The molecule has 3 aromatic heterocycles. The maximum atomic E-state index is 13.4. The summed E-state index contributed by atoms with van der Waals surface area (Å²) in [6.45, 7) is 0. The van der Waals surface area contributed by atoms with Crippen molar-refractivity contribution in [1.82, 2.24) is 24.7 Å². The monoisotopic (exact) mass is 360 g/mol. The summed E-state index contributed by atoms with van der Waals surface area (Å²) in [5.74, 6) is -1.14.